The van der Waals surface area contributed by atoms with Crippen LogP contribution in [0.2, 0.25) is 5.02 Å². The van der Waals surface area contributed by atoms with Crippen molar-refractivity contribution in [2.75, 3.05) is 0 Å². The van der Waals surface area contributed by atoms with Crippen molar-refractivity contribution in [2.45, 2.75) is 6.92 Å². The number of nitrogens with zero attached hydrogens (tertiary/aromatic N) is 5. The zero-order chi connectivity index (χ0) is 19.3. The maximum absolute atomic E-state index is 12.3. The molecule has 136 valence electrons. The summed E-state index contributed by atoms with van der Waals surface area (Å²) in [6.07, 6.45) is 5.05. The van der Waals surface area contributed by atoms with E-state index in [9.17, 15) is 4.79 Å². The molecule has 0 fully saturated rings. The van der Waals surface area contributed by atoms with Gasteiger partial charge in [0.25, 0.3) is 0 Å². The number of aromatic nitrogens is 6. The Hall–Kier alpha value is -3.58. The summed E-state index contributed by atoms with van der Waals surface area (Å²) in [5.41, 5.74) is 3.23. The number of rotatable bonds is 2. The normalized spacial score (nSPS) is 11.4. The maximum atomic E-state index is 12.3. The fraction of sp³-hybridized carbons (Fsp3) is 0.0500. The van der Waals surface area contributed by atoms with E-state index in [-0.39, 0.29) is 10.9 Å². The molecular weight excluding hydrogens is 376 g/mol. The van der Waals surface area contributed by atoms with Crippen molar-refractivity contribution in [1.82, 2.24) is 29.7 Å². The highest BCUT2D eigenvalue weighted by molar-refractivity contribution is 6.35. The molecule has 8 heteroatoms. The van der Waals surface area contributed by atoms with Crippen molar-refractivity contribution >= 4 is 33.7 Å². The number of halogens is 1. The minimum atomic E-state index is -0.209. The molecule has 0 saturated carbocycles. The summed E-state index contributed by atoms with van der Waals surface area (Å²) in [6.45, 7) is 1.89. The Balaban J connectivity index is 1.87. The van der Waals surface area contributed by atoms with E-state index in [0.717, 1.165) is 16.6 Å². The summed E-state index contributed by atoms with van der Waals surface area (Å²) in [5.74, 6) is 0.502. The number of hydrogen-bond donors (Lipinski definition) is 1. The Bertz CT molecular complexity index is 1420. The van der Waals surface area contributed by atoms with Gasteiger partial charge >= 0.3 is 0 Å². The number of fused-ring (bicyclic) bond motifs is 2. The second kappa shape index (κ2) is 6.24. The summed E-state index contributed by atoms with van der Waals surface area (Å²) in [7, 11) is 0. The highest BCUT2D eigenvalue weighted by atomic mass is 35.5. The van der Waals surface area contributed by atoms with E-state index in [2.05, 4.69) is 25.0 Å². The Morgan fingerprint density at radius 2 is 2.00 bits per heavy atom. The lowest BCUT2D eigenvalue weighted by Gasteiger charge is -2.11. The SMILES string of the molecule is Cc1ccn(-c2nc3[nH]ccc(=O)c3nc2-c2cc(Cl)c3ncccc3c2)n1. The van der Waals surface area contributed by atoms with Gasteiger partial charge in [0, 0.05) is 35.6 Å². The van der Waals surface area contributed by atoms with Gasteiger partial charge in [-0.05, 0) is 31.2 Å². The molecule has 0 spiro atoms. The molecule has 0 radical (unpaired) electrons. The molecule has 0 atom stereocenters. The lowest BCUT2D eigenvalue weighted by Crippen LogP contribution is -2.10. The lowest BCUT2D eigenvalue weighted by atomic mass is 10.1. The predicted molar refractivity (Wildman–Crippen MR) is 108 cm³/mol. The van der Waals surface area contributed by atoms with Gasteiger partial charge in [-0.25, -0.2) is 14.6 Å². The van der Waals surface area contributed by atoms with Gasteiger partial charge in [0.05, 0.1) is 16.2 Å². The summed E-state index contributed by atoms with van der Waals surface area (Å²) >= 11 is 6.46. The molecule has 0 aliphatic heterocycles. The van der Waals surface area contributed by atoms with Gasteiger partial charge in [0.15, 0.2) is 17.0 Å². The second-order valence-electron chi connectivity index (χ2n) is 6.37. The molecule has 1 aromatic carbocycles. The smallest absolute Gasteiger partial charge is 0.209 e. The van der Waals surface area contributed by atoms with Crippen LogP contribution >= 0.6 is 11.6 Å². The topological polar surface area (TPSA) is 89.4 Å². The van der Waals surface area contributed by atoms with E-state index in [1.807, 2.05) is 31.2 Å². The van der Waals surface area contributed by atoms with Gasteiger partial charge in [-0.3, -0.25) is 9.78 Å². The monoisotopic (exact) mass is 388 g/mol. The van der Waals surface area contributed by atoms with Crippen molar-refractivity contribution in [2.24, 2.45) is 0 Å². The number of nitrogens with one attached hydrogen (secondary N) is 1. The molecule has 5 rings (SSSR count). The van der Waals surface area contributed by atoms with E-state index in [1.165, 1.54) is 6.07 Å². The van der Waals surface area contributed by atoms with E-state index in [4.69, 9.17) is 11.6 Å². The highest BCUT2D eigenvalue weighted by Crippen LogP contribution is 2.31. The first-order chi connectivity index (χ1) is 13.6. The molecule has 0 aliphatic rings. The molecule has 0 aliphatic carbocycles. The Kier molecular flexibility index (Phi) is 3.70. The molecule has 4 heterocycles. The third kappa shape index (κ3) is 2.64. The van der Waals surface area contributed by atoms with Gasteiger partial charge in [0.2, 0.25) is 5.43 Å². The Labute approximate surface area is 163 Å². The van der Waals surface area contributed by atoms with Crippen molar-refractivity contribution in [3.63, 3.8) is 0 Å². The minimum absolute atomic E-state index is 0.209. The number of aromatic amines is 1. The number of pyridine rings is 2. The summed E-state index contributed by atoms with van der Waals surface area (Å²) < 4.78 is 1.64. The van der Waals surface area contributed by atoms with E-state index in [1.54, 1.807) is 29.3 Å². The molecule has 28 heavy (non-hydrogen) atoms. The van der Waals surface area contributed by atoms with Crippen molar-refractivity contribution < 1.29 is 0 Å². The van der Waals surface area contributed by atoms with Crippen LogP contribution in [0.3, 0.4) is 0 Å². The van der Waals surface area contributed by atoms with Crippen molar-refractivity contribution in [1.29, 1.82) is 0 Å². The van der Waals surface area contributed by atoms with Crippen LogP contribution < -0.4 is 5.43 Å². The largest absolute Gasteiger partial charge is 0.345 e. The molecular formula is C20H13ClN6O. The van der Waals surface area contributed by atoms with Crippen LogP contribution in [0.5, 0.6) is 0 Å². The van der Waals surface area contributed by atoms with Gasteiger partial charge in [-0.15, -0.1) is 0 Å². The molecule has 7 nitrogen and oxygen atoms in total. The third-order valence-electron chi connectivity index (χ3n) is 4.44. The number of hydrogen-bond acceptors (Lipinski definition) is 5. The Morgan fingerprint density at radius 1 is 1.11 bits per heavy atom. The summed E-state index contributed by atoms with van der Waals surface area (Å²) in [5, 5.41) is 5.83. The average Bonchev–Trinajstić information content (AvgIpc) is 3.14. The summed E-state index contributed by atoms with van der Waals surface area (Å²) in [6, 6.07) is 10.8. The van der Waals surface area contributed by atoms with Crippen LogP contribution in [0, 0.1) is 6.92 Å². The van der Waals surface area contributed by atoms with Crippen LogP contribution in [0.15, 0.2) is 59.8 Å². The van der Waals surface area contributed by atoms with Gasteiger partial charge in [0.1, 0.15) is 5.69 Å². The van der Waals surface area contributed by atoms with E-state index in [0.29, 0.717) is 27.7 Å². The minimum Gasteiger partial charge on any atom is -0.345 e. The average molecular weight is 389 g/mol. The standard InChI is InChI=1S/C20H13ClN6O/c1-11-5-8-27(26-11)20-17(24-18-15(28)4-7-23-19(18)25-20)13-9-12-3-2-6-22-16(12)14(21)10-13/h2-10H,1H3,(H,23,25,28). The molecule has 1 N–H and O–H groups in total. The first-order valence-corrected chi connectivity index (χ1v) is 8.95. The van der Waals surface area contributed by atoms with E-state index < -0.39 is 0 Å². The number of benzene rings is 1. The van der Waals surface area contributed by atoms with E-state index >= 15 is 0 Å². The first kappa shape index (κ1) is 16.6. The molecule has 5 aromatic rings. The van der Waals surface area contributed by atoms with Crippen LogP contribution in [-0.2, 0) is 0 Å². The Morgan fingerprint density at radius 3 is 2.82 bits per heavy atom. The van der Waals surface area contributed by atoms with Crippen LogP contribution in [-0.4, -0.2) is 29.7 Å². The fourth-order valence-electron chi connectivity index (χ4n) is 3.15. The zero-order valence-electron chi connectivity index (χ0n) is 14.7. The first-order valence-electron chi connectivity index (χ1n) is 8.57. The lowest BCUT2D eigenvalue weighted by molar-refractivity contribution is 0.832. The van der Waals surface area contributed by atoms with Gasteiger partial charge in [-0.1, -0.05) is 17.7 Å². The van der Waals surface area contributed by atoms with Crippen molar-refractivity contribution in [3.05, 3.63) is 75.9 Å². The molecule has 0 amide bonds. The molecule has 0 unspecified atom stereocenters. The van der Waals surface area contributed by atoms with Crippen molar-refractivity contribution in [3.8, 4) is 17.1 Å². The molecule has 4 aromatic heterocycles. The quantitative estimate of drug-likeness (QED) is 0.498. The van der Waals surface area contributed by atoms with Crippen LogP contribution in [0.4, 0.5) is 0 Å². The number of aryl methyl sites for hydroxylation is 1. The zero-order valence-corrected chi connectivity index (χ0v) is 15.5. The fourth-order valence-corrected chi connectivity index (χ4v) is 3.42. The van der Waals surface area contributed by atoms with Gasteiger partial charge in [-0.2, -0.15) is 5.10 Å². The second-order valence-corrected chi connectivity index (χ2v) is 6.78. The number of H-pyrrole nitrogens is 1. The van der Waals surface area contributed by atoms with Gasteiger partial charge < -0.3 is 4.98 Å². The van der Waals surface area contributed by atoms with Crippen LogP contribution in [0.1, 0.15) is 5.69 Å². The molecule has 0 saturated heterocycles. The van der Waals surface area contributed by atoms with Crippen LogP contribution in [0.25, 0.3) is 39.1 Å². The predicted octanol–water partition coefficient (Wildman–Crippen LogP) is 3.68. The third-order valence-corrected chi connectivity index (χ3v) is 4.72. The maximum Gasteiger partial charge on any atom is 0.209 e. The molecule has 0 bridgehead atoms. The highest BCUT2D eigenvalue weighted by Gasteiger charge is 2.17. The summed E-state index contributed by atoms with van der Waals surface area (Å²) in [4.78, 5) is 28.9.